The number of carbonyl (C=O) groups is 1. The van der Waals surface area contributed by atoms with Crippen LogP contribution in [-0.4, -0.2) is 67.0 Å². The lowest BCUT2D eigenvalue weighted by molar-refractivity contribution is 0.141. The molecule has 2 amide bonds. The van der Waals surface area contributed by atoms with Crippen LogP contribution in [0.2, 0.25) is 0 Å². The molecule has 2 atom stereocenters. The van der Waals surface area contributed by atoms with E-state index in [4.69, 9.17) is 0 Å². The minimum absolute atomic E-state index is 0.209. The summed E-state index contributed by atoms with van der Waals surface area (Å²) in [5.41, 5.74) is 0. The Morgan fingerprint density at radius 1 is 1.31 bits per heavy atom. The highest BCUT2D eigenvalue weighted by Gasteiger charge is 2.39. The molecule has 4 nitrogen and oxygen atoms in total. The van der Waals surface area contributed by atoms with Crippen LogP contribution in [0.4, 0.5) is 4.79 Å². The lowest BCUT2D eigenvalue weighted by Gasteiger charge is -2.35. The Morgan fingerprint density at radius 2 is 2.06 bits per heavy atom. The van der Waals surface area contributed by atoms with Gasteiger partial charge in [0.1, 0.15) is 0 Å². The van der Waals surface area contributed by atoms with Crippen LogP contribution in [0, 0.1) is 5.92 Å². The molecule has 0 aromatic rings. The van der Waals surface area contributed by atoms with E-state index in [1.165, 1.54) is 19.4 Å². The minimum atomic E-state index is 0.209. The number of rotatable bonds is 2. The number of carbonyl (C=O) groups excluding carboxylic acids is 1. The minimum Gasteiger partial charge on any atom is -0.323 e. The highest BCUT2D eigenvalue weighted by atomic mass is 16.2. The average molecular weight is 225 g/mol. The quantitative estimate of drug-likeness (QED) is 0.703. The molecule has 0 aromatic heterocycles. The SMILES string of the molecule is CCN1CC(C2CCCN(C)C2)N(C)C1=O. The first-order valence-electron chi connectivity index (χ1n) is 6.33. The second-order valence-corrected chi connectivity index (χ2v) is 5.16. The first kappa shape index (κ1) is 11.7. The molecule has 0 aliphatic carbocycles. The number of piperidine rings is 1. The van der Waals surface area contributed by atoms with Crippen LogP contribution < -0.4 is 0 Å². The largest absolute Gasteiger partial charge is 0.323 e. The Morgan fingerprint density at radius 3 is 2.62 bits per heavy atom. The van der Waals surface area contributed by atoms with E-state index in [-0.39, 0.29) is 6.03 Å². The molecular weight excluding hydrogens is 202 g/mol. The zero-order chi connectivity index (χ0) is 11.7. The van der Waals surface area contributed by atoms with Gasteiger partial charge in [-0.1, -0.05) is 0 Å². The molecule has 0 spiro atoms. The summed E-state index contributed by atoms with van der Waals surface area (Å²) in [5.74, 6) is 0.657. The third-order valence-corrected chi connectivity index (χ3v) is 4.06. The van der Waals surface area contributed by atoms with Crippen molar-refractivity contribution in [2.24, 2.45) is 5.92 Å². The lowest BCUT2D eigenvalue weighted by atomic mass is 9.90. The summed E-state index contributed by atoms with van der Waals surface area (Å²) in [5, 5.41) is 0. The van der Waals surface area contributed by atoms with Gasteiger partial charge < -0.3 is 14.7 Å². The summed E-state index contributed by atoms with van der Waals surface area (Å²) in [6, 6.07) is 0.635. The van der Waals surface area contributed by atoms with E-state index in [2.05, 4.69) is 18.9 Å². The monoisotopic (exact) mass is 225 g/mol. The number of hydrogen-bond donors (Lipinski definition) is 0. The van der Waals surface area contributed by atoms with Crippen LogP contribution in [0.15, 0.2) is 0 Å². The molecule has 16 heavy (non-hydrogen) atoms. The molecule has 4 heteroatoms. The molecule has 0 aromatic carbocycles. The van der Waals surface area contributed by atoms with Crippen LogP contribution in [0.3, 0.4) is 0 Å². The van der Waals surface area contributed by atoms with E-state index in [0.717, 1.165) is 19.6 Å². The van der Waals surface area contributed by atoms with Crippen molar-refractivity contribution in [2.75, 3.05) is 40.3 Å². The first-order chi connectivity index (χ1) is 7.63. The number of likely N-dealkylation sites (N-methyl/N-ethyl adjacent to an activating group) is 2. The number of hydrogen-bond acceptors (Lipinski definition) is 2. The van der Waals surface area contributed by atoms with Crippen LogP contribution in [0.25, 0.3) is 0 Å². The van der Waals surface area contributed by atoms with Crippen molar-refractivity contribution >= 4 is 6.03 Å². The highest BCUT2D eigenvalue weighted by molar-refractivity contribution is 5.76. The Hall–Kier alpha value is -0.770. The third-order valence-electron chi connectivity index (χ3n) is 4.06. The second kappa shape index (κ2) is 4.62. The molecule has 2 rings (SSSR count). The molecule has 2 aliphatic rings. The molecule has 2 saturated heterocycles. The highest BCUT2D eigenvalue weighted by Crippen LogP contribution is 2.26. The predicted molar refractivity (Wildman–Crippen MR) is 64.4 cm³/mol. The smallest absolute Gasteiger partial charge is 0.320 e. The molecule has 0 radical (unpaired) electrons. The molecule has 2 fully saturated rings. The molecule has 92 valence electrons. The van der Waals surface area contributed by atoms with Gasteiger partial charge in [-0.2, -0.15) is 0 Å². The van der Waals surface area contributed by atoms with Gasteiger partial charge in [-0.25, -0.2) is 4.79 Å². The standard InChI is InChI=1S/C12H23N3O/c1-4-15-9-11(14(3)12(15)16)10-6-5-7-13(2)8-10/h10-11H,4-9H2,1-3H3. The van der Waals surface area contributed by atoms with Crippen LogP contribution in [0.1, 0.15) is 19.8 Å². The maximum absolute atomic E-state index is 11.9. The van der Waals surface area contributed by atoms with E-state index >= 15 is 0 Å². The van der Waals surface area contributed by atoms with Crippen molar-refractivity contribution < 1.29 is 4.79 Å². The van der Waals surface area contributed by atoms with Crippen LogP contribution in [-0.2, 0) is 0 Å². The van der Waals surface area contributed by atoms with E-state index in [0.29, 0.717) is 12.0 Å². The van der Waals surface area contributed by atoms with Gasteiger partial charge in [-0.3, -0.25) is 0 Å². The second-order valence-electron chi connectivity index (χ2n) is 5.16. The summed E-state index contributed by atoms with van der Waals surface area (Å²) in [4.78, 5) is 18.2. The summed E-state index contributed by atoms with van der Waals surface area (Å²) in [6.07, 6.45) is 2.54. The lowest BCUT2D eigenvalue weighted by Crippen LogP contribution is -2.44. The Balaban J connectivity index is 2.01. The Labute approximate surface area is 98.2 Å². The predicted octanol–water partition coefficient (Wildman–Crippen LogP) is 1.08. The fourth-order valence-electron chi connectivity index (χ4n) is 3.04. The molecule has 0 N–H and O–H groups in total. The number of urea groups is 1. The van der Waals surface area contributed by atoms with Gasteiger partial charge in [-0.05, 0) is 39.3 Å². The van der Waals surface area contributed by atoms with E-state index in [1.807, 2.05) is 16.8 Å². The summed E-state index contributed by atoms with van der Waals surface area (Å²) < 4.78 is 0. The number of nitrogens with zero attached hydrogens (tertiary/aromatic N) is 3. The van der Waals surface area contributed by atoms with Crippen molar-refractivity contribution in [3.05, 3.63) is 0 Å². The number of likely N-dealkylation sites (tertiary alicyclic amines) is 1. The molecule has 2 heterocycles. The maximum Gasteiger partial charge on any atom is 0.320 e. The molecule has 2 aliphatic heterocycles. The van der Waals surface area contributed by atoms with Crippen LogP contribution in [0.5, 0.6) is 0 Å². The van der Waals surface area contributed by atoms with Crippen molar-refractivity contribution in [1.29, 1.82) is 0 Å². The van der Waals surface area contributed by atoms with Gasteiger partial charge in [0.05, 0.1) is 6.04 Å². The fraction of sp³-hybridized carbons (Fsp3) is 0.917. The third kappa shape index (κ3) is 2.03. The Bertz CT molecular complexity index is 269. The van der Waals surface area contributed by atoms with E-state index < -0.39 is 0 Å². The van der Waals surface area contributed by atoms with Gasteiger partial charge in [0, 0.05) is 26.7 Å². The van der Waals surface area contributed by atoms with Crippen molar-refractivity contribution in [1.82, 2.24) is 14.7 Å². The average Bonchev–Trinajstić information content (AvgIpc) is 2.56. The maximum atomic E-state index is 11.9. The number of amides is 2. The molecule has 0 saturated carbocycles. The fourth-order valence-corrected chi connectivity index (χ4v) is 3.04. The van der Waals surface area contributed by atoms with Crippen molar-refractivity contribution in [2.45, 2.75) is 25.8 Å². The van der Waals surface area contributed by atoms with Gasteiger partial charge in [-0.15, -0.1) is 0 Å². The zero-order valence-electron chi connectivity index (χ0n) is 10.6. The van der Waals surface area contributed by atoms with Gasteiger partial charge in [0.25, 0.3) is 0 Å². The van der Waals surface area contributed by atoms with E-state index in [1.54, 1.807) is 0 Å². The van der Waals surface area contributed by atoms with Crippen molar-refractivity contribution in [3.8, 4) is 0 Å². The molecule has 0 bridgehead atoms. The normalized spacial score (nSPS) is 32.6. The van der Waals surface area contributed by atoms with E-state index in [9.17, 15) is 4.79 Å². The topological polar surface area (TPSA) is 26.8 Å². The Kier molecular flexibility index (Phi) is 3.38. The summed E-state index contributed by atoms with van der Waals surface area (Å²) in [6.45, 7) is 6.16. The van der Waals surface area contributed by atoms with Crippen LogP contribution >= 0.6 is 0 Å². The summed E-state index contributed by atoms with van der Waals surface area (Å²) in [7, 11) is 4.14. The van der Waals surface area contributed by atoms with Crippen molar-refractivity contribution in [3.63, 3.8) is 0 Å². The van der Waals surface area contributed by atoms with Gasteiger partial charge in [0.15, 0.2) is 0 Å². The molecule has 2 unspecified atom stereocenters. The van der Waals surface area contributed by atoms with Gasteiger partial charge in [0.2, 0.25) is 0 Å². The molecular formula is C12H23N3O. The first-order valence-corrected chi connectivity index (χ1v) is 6.33. The summed E-state index contributed by atoms with van der Waals surface area (Å²) >= 11 is 0. The zero-order valence-corrected chi connectivity index (χ0v) is 10.6. The van der Waals surface area contributed by atoms with Gasteiger partial charge >= 0.3 is 6.03 Å².